The lowest BCUT2D eigenvalue weighted by Gasteiger charge is -2.17. The molecular weight excluding hydrogens is 346 g/mol. The van der Waals surface area contributed by atoms with Crippen LogP contribution in [-0.4, -0.2) is 21.1 Å². The fourth-order valence-electron chi connectivity index (χ4n) is 2.04. The standard InChI is InChI=1S/C11H12IN4P/c12-17-16-11(5-7-14-16)10-4-3-8-9(15-10)2-1-6-13-8/h3-5,7,13,17H,1-2,6H2. The number of pyridine rings is 1. The number of nitrogens with zero attached hydrogens (tertiary/aromatic N) is 3. The summed E-state index contributed by atoms with van der Waals surface area (Å²) in [6.45, 7) is 1.06. The summed E-state index contributed by atoms with van der Waals surface area (Å²) in [5.41, 5.74) is 4.49. The Morgan fingerprint density at radius 3 is 3.18 bits per heavy atom. The third kappa shape index (κ3) is 2.18. The second kappa shape index (κ2) is 4.90. The van der Waals surface area contributed by atoms with Crippen LogP contribution in [0.3, 0.4) is 0 Å². The fourth-order valence-corrected chi connectivity index (χ4v) is 3.58. The molecule has 0 radical (unpaired) electrons. The summed E-state index contributed by atoms with van der Waals surface area (Å²) in [5, 5.41) is 7.67. The lowest BCUT2D eigenvalue weighted by molar-refractivity contribution is 0.802. The van der Waals surface area contributed by atoms with Crippen molar-refractivity contribution in [3.8, 4) is 11.4 Å². The first-order chi connectivity index (χ1) is 8.38. The molecule has 0 aromatic carbocycles. The molecule has 3 rings (SSSR count). The van der Waals surface area contributed by atoms with Gasteiger partial charge in [-0.15, -0.1) is 0 Å². The molecule has 6 heteroatoms. The van der Waals surface area contributed by atoms with Crippen molar-refractivity contribution in [2.75, 3.05) is 11.9 Å². The highest BCUT2D eigenvalue weighted by Gasteiger charge is 2.13. The van der Waals surface area contributed by atoms with Crippen molar-refractivity contribution < 1.29 is 0 Å². The number of aromatic nitrogens is 3. The summed E-state index contributed by atoms with van der Waals surface area (Å²) in [5.74, 6) is 0. The summed E-state index contributed by atoms with van der Waals surface area (Å²) in [6.07, 6.45) is 4.67. The van der Waals surface area contributed by atoms with Crippen LogP contribution in [0.1, 0.15) is 12.1 Å². The first-order valence-electron chi connectivity index (χ1n) is 5.53. The third-order valence-electron chi connectivity index (χ3n) is 2.87. The van der Waals surface area contributed by atoms with Crippen molar-refractivity contribution in [2.45, 2.75) is 12.8 Å². The van der Waals surface area contributed by atoms with Gasteiger partial charge >= 0.3 is 0 Å². The monoisotopic (exact) mass is 358 g/mol. The lowest BCUT2D eigenvalue weighted by Crippen LogP contribution is -2.13. The van der Waals surface area contributed by atoms with E-state index in [2.05, 4.69) is 44.6 Å². The van der Waals surface area contributed by atoms with Crippen LogP contribution in [0.25, 0.3) is 11.4 Å². The Labute approximate surface area is 115 Å². The molecule has 17 heavy (non-hydrogen) atoms. The first kappa shape index (κ1) is 11.4. The van der Waals surface area contributed by atoms with Crippen LogP contribution in [0.15, 0.2) is 24.4 Å². The molecule has 3 heterocycles. The SMILES string of the molecule is IPn1nccc1-c1ccc2c(n1)CCCN2. The van der Waals surface area contributed by atoms with Crippen LogP contribution < -0.4 is 5.32 Å². The zero-order valence-corrected chi connectivity index (χ0v) is 12.3. The van der Waals surface area contributed by atoms with Crippen molar-refractivity contribution in [1.82, 2.24) is 14.5 Å². The number of fused-ring (bicyclic) bond motifs is 1. The molecule has 0 amide bonds. The Bertz CT molecular complexity index is 540. The molecule has 0 fully saturated rings. The molecule has 0 saturated carbocycles. The maximum atomic E-state index is 4.74. The maximum Gasteiger partial charge on any atom is 0.0913 e. The van der Waals surface area contributed by atoms with Gasteiger partial charge in [0.25, 0.3) is 0 Å². The van der Waals surface area contributed by atoms with Crippen molar-refractivity contribution in [1.29, 1.82) is 0 Å². The van der Waals surface area contributed by atoms with Gasteiger partial charge in [0.15, 0.2) is 0 Å². The number of rotatable bonds is 2. The number of hydrogen-bond acceptors (Lipinski definition) is 3. The van der Waals surface area contributed by atoms with E-state index in [0.29, 0.717) is 6.37 Å². The van der Waals surface area contributed by atoms with Crippen molar-refractivity contribution in [2.24, 2.45) is 0 Å². The second-order valence-electron chi connectivity index (χ2n) is 3.93. The average molecular weight is 358 g/mol. The zero-order valence-electron chi connectivity index (χ0n) is 9.15. The molecule has 2 aromatic rings. The van der Waals surface area contributed by atoms with E-state index in [1.165, 1.54) is 11.4 Å². The van der Waals surface area contributed by atoms with Crippen LogP contribution in [-0.2, 0) is 6.42 Å². The molecule has 0 bridgehead atoms. The summed E-state index contributed by atoms with van der Waals surface area (Å²) < 4.78 is 1.99. The van der Waals surface area contributed by atoms with Crippen LogP contribution in [0, 0.1) is 0 Å². The van der Waals surface area contributed by atoms with Gasteiger partial charge in [-0.2, -0.15) is 5.10 Å². The minimum atomic E-state index is 0.608. The second-order valence-corrected chi connectivity index (χ2v) is 5.97. The Morgan fingerprint density at radius 1 is 1.35 bits per heavy atom. The van der Waals surface area contributed by atoms with Gasteiger partial charge in [0.2, 0.25) is 0 Å². The molecule has 0 aliphatic carbocycles. The summed E-state index contributed by atoms with van der Waals surface area (Å²) in [7, 11) is 0. The van der Waals surface area contributed by atoms with Crippen LogP contribution in [0.4, 0.5) is 5.69 Å². The van der Waals surface area contributed by atoms with E-state index in [0.717, 1.165) is 30.8 Å². The third-order valence-corrected chi connectivity index (χ3v) is 4.75. The highest BCUT2D eigenvalue weighted by Crippen LogP contribution is 2.31. The van der Waals surface area contributed by atoms with Gasteiger partial charge in [-0.1, -0.05) is 0 Å². The van der Waals surface area contributed by atoms with Crippen molar-refractivity contribution in [3.05, 3.63) is 30.1 Å². The minimum Gasteiger partial charge on any atom is -0.384 e. The molecule has 1 atom stereocenters. The number of anilines is 1. The minimum absolute atomic E-state index is 0.608. The molecule has 0 spiro atoms. The van der Waals surface area contributed by atoms with E-state index in [1.54, 1.807) is 0 Å². The Balaban J connectivity index is 2.04. The molecular formula is C11H12IN4P. The summed E-state index contributed by atoms with van der Waals surface area (Å²) in [6, 6.07) is 6.22. The quantitative estimate of drug-likeness (QED) is 0.663. The number of halogens is 1. The normalized spacial score (nSPS) is 14.9. The molecule has 88 valence electrons. The average Bonchev–Trinajstić information content (AvgIpc) is 2.86. The summed E-state index contributed by atoms with van der Waals surface area (Å²) in [4.78, 5) is 4.74. The highest BCUT2D eigenvalue weighted by molar-refractivity contribution is 14.2. The molecule has 4 nitrogen and oxygen atoms in total. The Morgan fingerprint density at radius 2 is 2.29 bits per heavy atom. The predicted molar refractivity (Wildman–Crippen MR) is 80.0 cm³/mol. The molecule has 1 N–H and O–H groups in total. The van der Waals surface area contributed by atoms with E-state index in [4.69, 9.17) is 4.98 Å². The zero-order chi connectivity index (χ0) is 11.7. The van der Waals surface area contributed by atoms with Crippen LogP contribution in [0.2, 0.25) is 0 Å². The van der Waals surface area contributed by atoms with Crippen LogP contribution in [0.5, 0.6) is 0 Å². The van der Waals surface area contributed by atoms with Gasteiger partial charge in [0.05, 0.1) is 29.1 Å². The number of aryl methyl sites for hydroxylation is 1. The van der Waals surface area contributed by atoms with Crippen molar-refractivity contribution >= 4 is 34.1 Å². The van der Waals surface area contributed by atoms with Gasteiger partial charge in [-0.3, -0.25) is 0 Å². The summed E-state index contributed by atoms with van der Waals surface area (Å²) >= 11 is 2.33. The van der Waals surface area contributed by atoms with Crippen LogP contribution >= 0.6 is 28.4 Å². The van der Waals surface area contributed by atoms with Gasteiger partial charge in [-0.05, 0) is 53.1 Å². The smallest absolute Gasteiger partial charge is 0.0913 e. The fraction of sp³-hybridized carbons (Fsp3) is 0.273. The largest absolute Gasteiger partial charge is 0.384 e. The predicted octanol–water partition coefficient (Wildman–Crippen LogP) is 3.09. The lowest BCUT2D eigenvalue weighted by atomic mass is 10.1. The van der Waals surface area contributed by atoms with E-state index >= 15 is 0 Å². The maximum absolute atomic E-state index is 4.74. The number of nitrogens with one attached hydrogen (secondary N) is 1. The van der Waals surface area contributed by atoms with E-state index in [9.17, 15) is 0 Å². The van der Waals surface area contributed by atoms with E-state index in [1.807, 2.05) is 16.7 Å². The van der Waals surface area contributed by atoms with Gasteiger partial charge in [0, 0.05) is 12.7 Å². The van der Waals surface area contributed by atoms with E-state index < -0.39 is 0 Å². The van der Waals surface area contributed by atoms with Gasteiger partial charge < -0.3 is 5.32 Å². The molecule has 1 aliphatic rings. The highest BCUT2D eigenvalue weighted by atomic mass is 127. The molecule has 2 aromatic heterocycles. The first-order valence-corrected chi connectivity index (χ1v) is 9.59. The van der Waals surface area contributed by atoms with Gasteiger partial charge in [-0.25, -0.2) is 9.44 Å². The molecule has 0 saturated heterocycles. The van der Waals surface area contributed by atoms with Gasteiger partial charge in [0.1, 0.15) is 0 Å². The molecule has 1 aliphatic heterocycles. The number of hydrogen-bond donors (Lipinski definition) is 1. The Hall–Kier alpha value is -0.680. The Kier molecular flexibility index (Phi) is 3.29. The van der Waals surface area contributed by atoms with Crippen molar-refractivity contribution in [3.63, 3.8) is 0 Å². The van der Waals surface area contributed by atoms with E-state index in [-0.39, 0.29) is 0 Å². The molecule has 1 unspecified atom stereocenters. The topological polar surface area (TPSA) is 42.7 Å².